The SMILES string of the molecule is CCCCCN(C(=O)c1cc2cc(Cl)ccc2nc1C)c1c(N)n(CCCC)c(=O)[nH]c1=O. The lowest BCUT2D eigenvalue weighted by Gasteiger charge is -2.25. The number of nitrogens with two attached hydrogens (primary N) is 1. The molecule has 0 atom stereocenters. The zero-order valence-electron chi connectivity index (χ0n) is 19.3. The van der Waals surface area contributed by atoms with E-state index in [9.17, 15) is 14.4 Å². The van der Waals surface area contributed by atoms with Gasteiger partial charge in [0.2, 0.25) is 0 Å². The first-order valence-corrected chi connectivity index (χ1v) is 11.7. The molecule has 1 aromatic carbocycles. The normalized spacial score (nSPS) is 11.2. The molecule has 9 heteroatoms. The lowest BCUT2D eigenvalue weighted by atomic mass is 10.1. The maximum absolute atomic E-state index is 13.8. The van der Waals surface area contributed by atoms with Gasteiger partial charge in [-0.3, -0.25) is 24.1 Å². The average molecular weight is 472 g/mol. The fraction of sp³-hybridized carbons (Fsp3) is 0.417. The number of rotatable bonds is 9. The van der Waals surface area contributed by atoms with E-state index in [2.05, 4.69) is 16.9 Å². The van der Waals surface area contributed by atoms with Gasteiger partial charge in [0.15, 0.2) is 5.69 Å². The lowest BCUT2D eigenvalue weighted by Crippen LogP contribution is -2.42. The molecular weight excluding hydrogens is 442 g/mol. The Hall–Kier alpha value is -3.13. The summed E-state index contributed by atoms with van der Waals surface area (Å²) in [6.07, 6.45) is 4.07. The van der Waals surface area contributed by atoms with E-state index < -0.39 is 17.2 Å². The number of hydrogen-bond donors (Lipinski definition) is 2. The molecule has 3 N–H and O–H groups in total. The van der Waals surface area contributed by atoms with Crippen LogP contribution >= 0.6 is 11.6 Å². The van der Waals surface area contributed by atoms with E-state index in [4.69, 9.17) is 17.3 Å². The van der Waals surface area contributed by atoms with Crippen LogP contribution in [0.15, 0.2) is 33.9 Å². The third-order valence-corrected chi connectivity index (χ3v) is 5.88. The molecule has 33 heavy (non-hydrogen) atoms. The fourth-order valence-electron chi connectivity index (χ4n) is 3.82. The third kappa shape index (κ3) is 5.27. The maximum Gasteiger partial charge on any atom is 0.330 e. The zero-order chi connectivity index (χ0) is 24.1. The van der Waals surface area contributed by atoms with E-state index in [1.807, 2.05) is 6.92 Å². The third-order valence-electron chi connectivity index (χ3n) is 5.65. The Bertz CT molecular complexity index is 1280. The second-order valence-electron chi connectivity index (χ2n) is 8.12. The Balaban J connectivity index is 2.15. The van der Waals surface area contributed by atoms with Crippen molar-refractivity contribution in [3.63, 3.8) is 0 Å². The number of amides is 1. The van der Waals surface area contributed by atoms with Gasteiger partial charge in [0.25, 0.3) is 11.5 Å². The topological polar surface area (TPSA) is 114 Å². The quantitative estimate of drug-likeness (QED) is 0.452. The summed E-state index contributed by atoms with van der Waals surface area (Å²) >= 11 is 6.13. The van der Waals surface area contributed by atoms with Gasteiger partial charge in [-0.1, -0.05) is 44.7 Å². The van der Waals surface area contributed by atoms with Crippen LogP contribution in [-0.2, 0) is 6.54 Å². The number of unbranched alkanes of at least 4 members (excludes halogenated alkanes) is 3. The van der Waals surface area contributed by atoms with Crippen molar-refractivity contribution in [3.8, 4) is 0 Å². The van der Waals surface area contributed by atoms with E-state index in [1.54, 1.807) is 31.2 Å². The van der Waals surface area contributed by atoms with Crippen LogP contribution in [-0.4, -0.2) is 27.0 Å². The second kappa shape index (κ2) is 10.7. The smallest absolute Gasteiger partial charge is 0.330 e. The first-order valence-electron chi connectivity index (χ1n) is 11.3. The van der Waals surface area contributed by atoms with Gasteiger partial charge in [0.1, 0.15) is 5.82 Å². The molecule has 0 saturated carbocycles. The van der Waals surface area contributed by atoms with E-state index >= 15 is 0 Å². The van der Waals surface area contributed by atoms with Crippen LogP contribution in [0.5, 0.6) is 0 Å². The van der Waals surface area contributed by atoms with Crippen LogP contribution in [0.4, 0.5) is 11.5 Å². The number of anilines is 2. The van der Waals surface area contributed by atoms with E-state index in [-0.39, 0.29) is 11.5 Å². The van der Waals surface area contributed by atoms with Gasteiger partial charge in [-0.25, -0.2) is 4.79 Å². The summed E-state index contributed by atoms with van der Waals surface area (Å²) in [7, 11) is 0. The van der Waals surface area contributed by atoms with Crippen molar-refractivity contribution in [1.29, 1.82) is 0 Å². The average Bonchev–Trinajstić information content (AvgIpc) is 2.77. The summed E-state index contributed by atoms with van der Waals surface area (Å²) in [4.78, 5) is 47.3. The van der Waals surface area contributed by atoms with Crippen LogP contribution in [0.2, 0.25) is 5.02 Å². The molecule has 176 valence electrons. The van der Waals surface area contributed by atoms with Gasteiger partial charge in [-0.15, -0.1) is 0 Å². The molecule has 0 fully saturated rings. The molecule has 0 unspecified atom stereocenters. The number of pyridine rings is 1. The van der Waals surface area contributed by atoms with Crippen LogP contribution < -0.4 is 21.9 Å². The minimum atomic E-state index is -0.676. The molecule has 0 aliphatic heterocycles. The number of carbonyl (C=O) groups excluding carboxylic acids is 1. The number of nitrogens with one attached hydrogen (secondary N) is 1. The van der Waals surface area contributed by atoms with Crippen molar-refractivity contribution in [3.05, 3.63) is 61.4 Å². The number of halogens is 1. The highest BCUT2D eigenvalue weighted by Crippen LogP contribution is 2.25. The number of aromatic nitrogens is 3. The molecule has 8 nitrogen and oxygen atoms in total. The predicted octanol–water partition coefficient (Wildman–Crippen LogP) is 4.27. The molecule has 0 radical (unpaired) electrons. The minimum absolute atomic E-state index is 0.00241. The number of nitrogen functional groups attached to an aromatic ring is 1. The molecule has 0 aliphatic rings. The van der Waals surface area contributed by atoms with Crippen molar-refractivity contribution in [1.82, 2.24) is 14.5 Å². The number of carbonyl (C=O) groups is 1. The Morgan fingerprint density at radius 2 is 1.88 bits per heavy atom. The van der Waals surface area contributed by atoms with Gasteiger partial charge in [-0.05, 0) is 44.0 Å². The number of benzene rings is 1. The van der Waals surface area contributed by atoms with Crippen LogP contribution in [0.25, 0.3) is 10.9 Å². The summed E-state index contributed by atoms with van der Waals surface area (Å²) in [5, 5.41) is 1.26. The van der Waals surface area contributed by atoms with Crippen molar-refractivity contribution >= 4 is 39.9 Å². The predicted molar refractivity (Wildman–Crippen MR) is 133 cm³/mol. The molecule has 0 aliphatic carbocycles. The Morgan fingerprint density at radius 1 is 1.15 bits per heavy atom. The minimum Gasteiger partial charge on any atom is -0.383 e. The molecule has 1 amide bonds. The van der Waals surface area contributed by atoms with Crippen LogP contribution in [0, 0.1) is 6.92 Å². The van der Waals surface area contributed by atoms with E-state index in [0.717, 1.165) is 30.2 Å². The monoisotopic (exact) mass is 471 g/mol. The van der Waals surface area contributed by atoms with Gasteiger partial charge in [0, 0.05) is 23.5 Å². The fourth-order valence-corrected chi connectivity index (χ4v) is 4.00. The summed E-state index contributed by atoms with van der Waals surface area (Å²) in [6.45, 7) is 6.45. The Morgan fingerprint density at radius 3 is 2.58 bits per heavy atom. The van der Waals surface area contributed by atoms with Gasteiger partial charge in [-0.2, -0.15) is 0 Å². The first kappa shape index (κ1) is 24.5. The van der Waals surface area contributed by atoms with E-state index in [1.165, 1.54) is 9.47 Å². The number of hydrogen-bond acceptors (Lipinski definition) is 5. The van der Waals surface area contributed by atoms with Crippen molar-refractivity contribution in [2.75, 3.05) is 17.2 Å². The van der Waals surface area contributed by atoms with E-state index in [0.29, 0.717) is 42.2 Å². The molecule has 0 bridgehead atoms. The first-order chi connectivity index (χ1) is 15.8. The maximum atomic E-state index is 13.8. The molecule has 2 aromatic heterocycles. The molecular formula is C24H30ClN5O3. The summed E-state index contributed by atoms with van der Waals surface area (Å²) < 4.78 is 1.33. The van der Waals surface area contributed by atoms with Crippen molar-refractivity contribution in [2.45, 2.75) is 59.4 Å². The van der Waals surface area contributed by atoms with Gasteiger partial charge in [0.05, 0.1) is 16.8 Å². The number of fused-ring (bicyclic) bond motifs is 1. The summed E-state index contributed by atoms with van der Waals surface area (Å²) in [5.74, 6) is -0.396. The highest BCUT2D eigenvalue weighted by atomic mass is 35.5. The summed E-state index contributed by atoms with van der Waals surface area (Å²) in [6, 6.07) is 7.02. The Kier molecular flexibility index (Phi) is 7.92. The summed E-state index contributed by atoms with van der Waals surface area (Å²) in [5.41, 5.74) is 6.66. The molecule has 3 aromatic rings. The largest absolute Gasteiger partial charge is 0.383 e. The van der Waals surface area contributed by atoms with Crippen LogP contribution in [0.3, 0.4) is 0 Å². The number of nitrogens with zero attached hydrogens (tertiary/aromatic N) is 3. The lowest BCUT2D eigenvalue weighted by molar-refractivity contribution is 0.0985. The number of aryl methyl sites for hydroxylation is 1. The van der Waals surface area contributed by atoms with Crippen molar-refractivity contribution in [2.24, 2.45) is 0 Å². The van der Waals surface area contributed by atoms with Crippen molar-refractivity contribution < 1.29 is 4.79 Å². The zero-order valence-corrected chi connectivity index (χ0v) is 20.0. The van der Waals surface area contributed by atoms with Gasteiger partial charge < -0.3 is 10.6 Å². The highest BCUT2D eigenvalue weighted by Gasteiger charge is 2.26. The van der Waals surface area contributed by atoms with Gasteiger partial charge >= 0.3 is 5.69 Å². The number of H-pyrrole nitrogens is 1. The Labute approximate surface area is 197 Å². The molecule has 3 rings (SSSR count). The number of aromatic amines is 1. The second-order valence-corrected chi connectivity index (χ2v) is 8.56. The van der Waals surface area contributed by atoms with Crippen LogP contribution in [0.1, 0.15) is 62.0 Å². The molecule has 2 heterocycles. The molecule has 0 spiro atoms. The highest BCUT2D eigenvalue weighted by molar-refractivity contribution is 6.31. The standard InChI is InChI=1S/C24H30ClN5O3/c1-4-6-8-12-29(20-21(26)30(11-7-5-2)24(33)28-22(20)31)23(32)18-14-16-13-17(25)9-10-19(16)27-15(18)3/h9-10,13-14H,4-8,11-12,26H2,1-3H3,(H,28,31,33). The molecule has 0 saturated heterocycles.